The van der Waals surface area contributed by atoms with Crippen molar-refractivity contribution in [1.82, 2.24) is 4.90 Å². The number of halogens is 1. The Morgan fingerprint density at radius 2 is 2.29 bits per heavy atom. The third kappa shape index (κ3) is 2.92. The van der Waals surface area contributed by atoms with E-state index >= 15 is 0 Å². The van der Waals surface area contributed by atoms with Gasteiger partial charge in [-0.2, -0.15) is 0 Å². The van der Waals surface area contributed by atoms with Crippen LogP contribution in [0.4, 0.5) is 4.39 Å². The summed E-state index contributed by atoms with van der Waals surface area (Å²) < 4.78 is 18.2. The number of carboxylic acid groups (broad SMARTS) is 1. The zero-order chi connectivity index (χ0) is 10.7. The maximum atomic E-state index is 13.3. The van der Waals surface area contributed by atoms with Crippen molar-refractivity contribution in [3.05, 3.63) is 0 Å². The number of carboxylic acids is 1. The summed E-state index contributed by atoms with van der Waals surface area (Å²) in [5.41, 5.74) is 0. The van der Waals surface area contributed by atoms with Gasteiger partial charge in [0.1, 0.15) is 18.9 Å². The second-order valence-corrected chi connectivity index (χ2v) is 3.81. The summed E-state index contributed by atoms with van der Waals surface area (Å²) in [7, 11) is 0. The molecule has 0 aromatic rings. The third-order valence-electron chi connectivity index (χ3n) is 2.38. The smallest absolute Gasteiger partial charge is 0.329 e. The van der Waals surface area contributed by atoms with E-state index in [1.807, 2.05) is 18.7 Å². The lowest BCUT2D eigenvalue weighted by Gasteiger charge is -2.19. The van der Waals surface area contributed by atoms with Gasteiger partial charge in [0.05, 0.1) is 0 Å². The van der Waals surface area contributed by atoms with Gasteiger partial charge in [-0.15, -0.1) is 0 Å². The molecule has 14 heavy (non-hydrogen) atoms. The zero-order valence-corrected chi connectivity index (χ0v) is 8.44. The molecule has 2 atom stereocenters. The first kappa shape index (κ1) is 11.4. The van der Waals surface area contributed by atoms with Crippen molar-refractivity contribution in [2.45, 2.75) is 32.2 Å². The highest BCUT2D eigenvalue weighted by molar-refractivity contribution is 5.68. The molecule has 0 aromatic carbocycles. The molecular formula is C9H16FNO3. The minimum atomic E-state index is -1.07. The van der Waals surface area contributed by atoms with Gasteiger partial charge in [-0.05, 0) is 13.8 Å². The van der Waals surface area contributed by atoms with E-state index in [-0.39, 0.29) is 6.04 Å². The van der Waals surface area contributed by atoms with Crippen LogP contribution in [0.5, 0.6) is 0 Å². The number of ether oxygens (including phenoxy) is 1. The van der Waals surface area contributed by atoms with Crippen LogP contribution in [0.1, 0.15) is 13.8 Å². The largest absolute Gasteiger partial charge is 0.480 e. The van der Waals surface area contributed by atoms with Gasteiger partial charge in [0.15, 0.2) is 0 Å². The molecule has 0 spiro atoms. The molecule has 4 nitrogen and oxygen atoms in total. The molecule has 1 saturated heterocycles. The van der Waals surface area contributed by atoms with Crippen LogP contribution in [0.2, 0.25) is 0 Å². The van der Waals surface area contributed by atoms with Crippen molar-refractivity contribution < 1.29 is 19.0 Å². The van der Waals surface area contributed by atoms with E-state index in [1.165, 1.54) is 0 Å². The van der Waals surface area contributed by atoms with Crippen molar-refractivity contribution in [3.63, 3.8) is 0 Å². The van der Waals surface area contributed by atoms with Gasteiger partial charge in [0.2, 0.25) is 0 Å². The molecule has 1 fully saturated rings. The number of rotatable bonds is 4. The molecule has 0 aliphatic carbocycles. The molecule has 0 radical (unpaired) electrons. The fourth-order valence-electron chi connectivity index (χ4n) is 1.52. The van der Waals surface area contributed by atoms with Gasteiger partial charge >= 0.3 is 5.97 Å². The van der Waals surface area contributed by atoms with E-state index in [9.17, 15) is 9.18 Å². The lowest BCUT2D eigenvalue weighted by molar-refractivity contribution is -0.144. The number of aliphatic carboxylic acids is 1. The number of carbonyl (C=O) groups is 1. The summed E-state index contributed by atoms with van der Waals surface area (Å²) in [6.45, 7) is 4.35. The van der Waals surface area contributed by atoms with E-state index in [2.05, 4.69) is 0 Å². The summed E-state index contributed by atoms with van der Waals surface area (Å²) in [5, 5.41) is 8.37. The first-order valence-corrected chi connectivity index (χ1v) is 4.72. The second-order valence-electron chi connectivity index (χ2n) is 3.81. The topological polar surface area (TPSA) is 49.8 Å². The zero-order valence-electron chi connectivity index (χ0n) is 8.44. The molecule has 1 N–H and O–H groups in total. The van der Waals surface area contributed by atoms with Crippen LogP contribution >= 0.6 is 0 Å². The summed E-state index contributed by atoms with van der Waals surface area (Å²) in [6.07, 6.45) is -1.66. The Bertz CT molecular complexity index is 210. The molecule has 5 heteroatoms. The molecule has 1 aliphatic rings. The number of alkyl halides is 1. The van der Waals surface area contributed by atoms with Gasteiger partial charge in [-0.1, -0.05) is 0 Å². The Morgan fingerprint density at radius 3 is 2.71 bits per heavy atom. The number of hydrogen-bond acceptors (Lipinski definition) is 3. The monoisotopic (exact) mass is 205 g/mol. The highest BCUT2D eigenvalue weighted by Gasteiger charge is 2.34. The first-order valence-electron chi connectivity index (χ1n) is 4.72. The van der Waals surface area contributed by atoms with Crippen molar-refractivity contribution in [1.29, 1.82) is 0 Å². The quantitative estimate of drug-likeness (QED) is 0.727. The molecule has 82 valence electrons. The van der Waals surface area contributed by atoms with Crippen LogP contribution in [0.15, 0.2) is 0 Å². The lowest BCUT2D eigenvalue weighted by Crippen LogP contribution is -2.30. The van der Waals surface area contributed by atoms with Crippen molar-refractivity contribution in [3.8, 4) is 0 Å². The highest BCUT2D eigenvalue weighted by atomic mass is 19.1. The molecule has 1 heterocycles. The Morgan fingerprint density at radius 1 is 1.64 bits per heavy atom. The van der Waals surface area contributed by atoms with E-state index in [1.54, 1.807) is 0 Å². The van der Waals surface area contributed by atoms with Crippen LogP contribution in [-0.2, 0) is 9.53 Å². The van der Waals surface area contributed by atoms with Crippen LogP contribution in [0.25, 0.3) is 0 Å². The molecule has 0 amide bonds. The Labute approximate surface area is 82.6 Å². The minimum Gasteiger partial charge on any atom is -0.480 e. The van der Waals surface area contributed by atoms with Gasteiger partial charge < -0.3 is 9.84 Å². The van der Waals surface area contributed by atoms with Gasteiger partial charge in [-0.3, -0.25) is 4.90 Å². The van der Waals surface area contributed by atoms with E-state index < -0.39 is 24.9 Å². The highest BCUT2D eigenvalue weighted by Crippen LogP contribution is 2.18. The van der Waals surface area contributed by atoms with Crippen LogP contribution in [-0.4, -0.2) is 54.0 Å². The molecule has 1 rings (SSSR count). The van der Waals surface area contributed by atoms with Crippen LogP contribution in [0, 0.1) is 0 Å². The van der Waals surface area contributed by atoms with Crippen molar-refractivity contribution >= 4 is 5.97 Å². The first-order chi connectivity index (χ1) is 6.50. The lowest BCUT2D eigenvalue weighted by atomic mass is 10.3. The second kappa shape index (κ2) is 4.70. The number of hydrogen-bond donors (Lipinski definition) is 1. The minimum absolute atomic E-state index is 0.270. The number of nitrogens with zero attached hydrogens (tertiary/aromatic N) is 1. The fourth-order valence-corrected chi connectivity index (χ4v) is 1.52. The van der Waals surface area contributed by atoms with Gasteiger partial charge in [0.25, 0.3) is 0 Å². The third-order valence-corrected chi connectivity index (χ3v) is 2.38. The Hall–Kier alpha value is -0.680. The summed E-state index contributed by atoms with van der Waals surface area (Å²) in [6, 6.07) is 0.270. The van der Waals surface area contributed by atoms with Crippen molar-refractivity contribution in [2.75, 3.05) is 19.7 Å². The molecule has 1 unspecified atom stereocenters. The average molecular weight is 205 g/mol. The van der Waals surface area contributed by atoms with Crippen LogP contribution in [0.3, 0.4) is 0 Å². The molecular weight excluding hydrogens is 189 g/mol. The van der Waals surface area contributed by atoms with Gasteiger partial charge in [0, 0.05) is 19.1 Å². The maximum absolute atomic E-state index is 13.3. The van der Waals surface area contributed by atoms with Crippen LogP contribution < -0.4 is 0 Å². The maximum Gasteiger partial charge on any atom is 0.329 e. The van der Waals surface area contributed by atoms with Crippen molar-refractivity contribution in [2.24, 2.45) is 0 Å². The molecule has 1 aliphatic heterocycles. The summed E-state index contributed by atoms with van der Waals surface area (Å²) in [5.74, 6) is -1.06. The predicted octanol–water partition coefficient (Wildman–Crippen LogP) is 0.518. The Kier molecular flexibility index (Phi) is 3.83. The number of likely N-dealkylation sites (tertiary alicyclic amines) is 1. The molecule has 0 aromatic heterocycles. The normalized spacial score (nSPS) is 28.6. The molecule has 0 bridgehead atoms. The Balaban J connectivity index is 2.36. The predicted molar refractivity (Wildman–Crippen MR) is 49.0 cm³/mol. The molecule has 0 saturated carbocycles. The van der Waals surface area contributed by atoms with E-state index in [0.717, 1.165) is 0 Å². The standard InChI is InChI=1S/C9H16FNO3/c1-6(2)11-3-7(10)8(4-11)14-5-9(12)13/h6-8H,3-5H2,1-2H3,(H,12,13)/t7-,8?/m0/s1. The van der Waals surface area contributed by atoms with Gasteiger partial charge in [-0.25, -0.2) is 9.18 Å². The summed E-state index contributed by atoms with van der Waals surface area (Å²) in [4.78, 5) is 12.2. The van der Waals surface area contributed by atoms with E-state index in [0.29, 0.717) is 13.1 Å². The van der Waals surface area contributed by atoms with E-state index in [4.69, 9.17) is 9.84 Å². The summed E-state index contributed by atoms with van der Waals surface area (Å²) >= 11 is 0. The SMILES string of the molecule is CC(C)N1CC(OCC(=O)O)[C@@H](F)C1. The fraction of sp³-hybridized carbons (Fsp3) is 0.889. The average Bonchev–Trinajstić information content (AvgIpc) is 2.43.